The minimum Gasteiger partial charge on any atom is -0.382 e. The van der Waals surface area contributed by atoms with Gasteiger partial charge in [-0.05, 0) is 32.0 Å². The fraction of sp³-hybridized carbons (Fsp3) is 0.400. The van der Waals surface area contributed by atoms with Crippen LogP contribution in [0.3, 0.4) is 0 Å². The molecule has 5 nitrogen and oxygen atoms in total. The molecule has 1 fully saturated rings. The van der Waals surface area contributed by atoms with Gasteiger partial charge in [0, 0.05) is 41.2 Å². The first kappa shape index (κ1) is 14.3. The lowest BCUT2D eigenvalue weighted by Crippen LogP contribution is -2.35. The van der Waals surface area contributed by atoms with Gasteiger partial charge < -0.3 is 10.6 Å². The summed E-state index contributed by atoms with van der Waals surface area (Å²) in [6.07, 6.45) is 6.44. The third-order valence-corrected chi connectivity index (χ3v) is 4.96. The minimum absolute atomic E-state index is 0.289. The van der Waals surface area contributed by atoms with Crippen LogP contribution in [-0.2, 0) is 9.84 Å². The minimum atomic E-state index is -3.31. The fourth-order valence-electron chi connectivity index (χ4n) is 2.79. The third kappa shape index (κ3) is 3.01. The number of benzene rings is 1. The van der Waals surface area contributed by atoms with Gasteiger partial charge in [-0.3, -0.25) is 4.98 Å². The molecule has 0 amide bonds. The van der Waals surface area contributed by atoms with E-state index in [1.54, 1.807) is 6.20 Å². The molecule has 21 heavy (non-hydrogen) atoms. The van der Waals surface area contributed by atoms with E-state index in [4.69, 9.17) is 0 Å². The zero-order valence-electron chi connectivity index (χ0n) is 12.0. The van der Waals surface area contributed by atoms with E-state index in [0.717, 1.165) is 42.4 Å². The number of sulfone groups is 1. The van der Waals surface area contributed by atoms with Gasteiger partial charge in [0.1, 0.15) is 0 Å². The molecule has 0 radical (unpaired) electrons. The van der Waals surface area contributed by atoms with Crippen LogP contribution in [0.2, 0.25) is 0 Å². The van der Waals surface area contributed by atoms with Crippen molar-refractivity contribution in [2.45, 2.75) is 23.8 Å². The topological polar surface area (TPSA) is 71.1 Å². The molecule has 1 saturated heterocycles. The molecule has 1 aliphatic heterocycles. The van der Waals surface area contributed by atoms with Crippen molar-refractivity contribution >= 4 is 26.3 Å². The molecule has 0 bridgehead atoms. The number of nitrogens with zero attached hydrogens (tertiary/aromatic N) is 1. The number of rotatable bonds is 3. The quantitative estimate of drug-likeness (QED) is 0.905. The largest absolute Gasteiger partial charge is 0.382 e. The van der Waals surface area contributed by atoms with Crippen molar-refractivity contribution in [3.8, 4) is 0 Å². The zero-order valence-corrected chi connectivity index (χ0v) is 12.8. The van der Waals surface area contributed by atoms with Gasteiger partial charge in [-0.2, -0.15) is 0 Å². The van der Waals surface area contributed by atoms with Crippen LogP contribution < -0.4 is 10.6 Å². The number of aromatic nitrogens is 1. The molecule has 2 aromatic rings. The van der Waals surface area contributed by atoms with Crippen molar-refractivity contribution in [3.63, 3.8) is 0 Å². The lowest BCUT2D eigenvalue weighted by atomic mass is 10.0. The van der Waals surface area contributed by atoms with Gasteiger partial charge in [0.2, 0.25) is 0 Å². The fourth-order valence-corrected chi connectivity index (χ4v) is 3.64. The molecule has 2 N–H and O–H groups in total. The maximum absolute atomic E-state index is 12.0. The Morgan fingerprint density at radius 3 is 2.71 bits per heavy atom. The molecule has 1 aromatic carbocycles. The molecule has 3 rings (SSSR count). The number of pyridine rings is 1. The van der Waals surface area contributed by atoms with Crippen molar-refractivity contribution in [3.05, 3.63) is 30.6 Å². The van der Waals surface area contributed by atoms with E-state index in [1.165, 1.54) is 12.5 Å². The first-order valence-electron chi connectivity index (χ1n) is 7.10. The van der Waals surface area contributed by atoms with Crippen LogP contribution in [0.4, 0.5) is 5.69 Å². The van der Waals surface area contributed by atoms with Crippen molar-refractivity contribution in [1.29, 1.82) is 0 Å². The molecular formula is C15H19N3O2S. The van der Waals surface area contributed by atoms with Crippen molar-refractivity contribution < 1.29 is 8.42 Å². The van der Waals surface area contributed by atoms with Gasteiger partial charge in [-0.25, -0.2) is 8.42 Å². The number of hydrogen-bond acceptors (Lipinski definition) is 5. The Labute approximate surface area is 124 Å². The average Bonchev–Trinajstić information content (AvgIpc) is 2.47. The van der Waals surface area contributed by atoms with E-state index >= 15 is 0 Å². The first-order valence-corrected chi connectivity index (χ1v) is 8.99. The number of fused-ring (bicyclic) bond motifs is 1. The normalized spacial score (nSPS) is 17.0. The molecular weight excluding hydrogens is 286 g/mol. The third-order valence-electron chi connectivity index (χ3n) is 3.85. The molecule has 0 atom stereocenters. The van der Waals surface area contributed by atoms with Crippen molar-refractivity contribution in [1.82, 2.24) is 10.3 Å². The Morgan fingerprint density at radius 2 is 2.00 bits per heavy atom. The smallest absolute Gasteiger partial charge is 0.177 e. The molecule has 0 aliphatic carbocycles. The molecule has 1 aromatic heterocycles. The maximum atomic E-state index is 12.0. The maximum Gasteiger partial charge on any atom is 0.177 e. The summed E-state index contributed by atoms with van der Waals surface area (Å²) >= 11 is 0. The summed E-state index contributed by atoms with van der Waals surface area (Å²) in [7, 11) is -3.31. The number of hydrogen-bond donors (Lipinski definition) is 2. The molecule has 2 heterocycles. The van der Waals surface area contributed by atoms with Crippen LogP contribution in [0.1, 0.15) is 12.8 Å². The Balaban J connectivity index is 2.09. The van der Waals surface area contributed by atoms with Crippen LogP contribution in [0, 0.1) is 0 Å². The molecule has 0 spiro atoms. The second-order valence-electron chi connectivity index (χ2n) is 5.48. The summed E-state index contributed by atoms with van der Waals surface area (Å²) in [6.45, 7) is 1.98. The monoisotopic (exact) mass is 305 g/mol. The second kappa shape index (κ2) is 5.61. The number of nitrogens with one attached hydrogen (secondary N) is 2. The highest BCUT2D eigenvalue weighted by atomic mass is 32.2. The Bertz CT molecular complexity index is 747. The first-order chi connectivity index (χ1) is 10.1. The van der Waals surface area contributed by atoms with Crippen LogP contribution >= 0.6 is 0 Å². The second-order valence-corrected chi connectivity index (χ2v) is 7.47. The lowest BCUT2D eigenvalue weighted by molar-refractivity contribution is 0.479. The van der Waals surface area contributed by atoms with Crippen molar-refractivity contribution in [2.24, 2.45) is 0 Å². The lowest BCUT2D eigenvalue weighted by Gasteiger charge is -2.25. The Kier molecular flexibility index (Phi) is 3.82. The van der Waals surface area contributed by atoms with Gasteiger partial charge in [0.15, 0.2) is 9.84 Å². The summed E-state index contributed by atoms with van der Waals surface area (Å²) in [6, 6.07) is 6.14. The predicted octanol–water partition coefficient (Wildman–Crippen LogP) is 1.80. The molecule has 0 unspecified atom stereocenters. The van der Waals surface area contributed by atoms with Gasteiger partial charge in [0.05, 0.1) is 4.90 Å². The standard InChI is InChI=1S/C15H19N3O2S/c1-21(19,20)14-10-17-9-11-3-2-4-13(15(11)14)18-12-5-7-16-8-6-12/h2-4,9-10,12,16,18H,5-8H2,1H3. The zero-order chi connectivity index (χ0) is 14.9. The molecule has 0 saturated carbocycles. The summed E-state index contributed by atoms with van der Waals surface area (Å²) in [5.74, 6) is 0. The highest BCUT2D eigenvalue weighted by Gasteiger charge is 2.18. The highest BCUT2D eigenvalue weighted by molar-refractivity contribution is 7.91. The van der Waals surface area contributed by atoms with E-state index in [2.05, 4.69) is 15.6 Å². The van der Waals surface area contributed by atoms with E-state index in [-0.39, 0.29) is 4.90 Å². The summed E-state index contributed by atoms with van der Waals surface area (Å²) in [5.41, 5.74) is 0.877. The van der Waals surface area contributed by atoms with E-state index in [9.17, 15) is 8.42 Å². The van der Waals surface area contributed by atoms with Gasteiger partial charge >= 0.3 is 0 Å². The molecule has 112 valence electrons. The number of piperidine rings is 1. The molecule has 1 aliphatic rings. The van der Waals surface area contributed by atoms with Gasteiger partial charge in [-0.15, -0.1) is 0 Å². The van der Waals surface area contributed by atoms with Crippen LogP contribution in [0.15, 0.2) is 35.5 Å². The Morgan fingerprint density at radius 1 is 1.24 bits per heavy atom. The van der Waals surface area contributed by atoms with E-state index < -0.39 is 9.84 Å². The number of anilines is 1. The van der Waals surface area contributed by atoms with Gasteiger partial charge in [-0.1, -0.05) is 12.1 Å². The average molecular weight is 305 g/mol. The van der Waals surface area contributed by atoms with Crippen LogP contribution in [0.5, 0.6) is 0 Å². The van der Waals surface area contributed by atoms with E-state index in [0.29, 0.717) is 6.04 Å². The van der Waals surface area contributed by atoms with Crippen LogP contribution in [-0.4, -0.2) is 38.8 Å². The van der Waals surface area contributed by atoms with Crippen molar-refractivity contribution in [2.75, 3.05) is 24.7 Å². The highest BCUT2D eigenvalue weighted by Crippen LogP contribution is 2.30. The molecule has 6 heteroatoms. The summed E-state index contributed by atoms with van der Waals surface area (Å²) in [5, 5.41) is 8.42. The predicted molar refractivity (Wildman–Crippen MR) is 84.4 cm³/mol. The Hall–Kier alpha value is -1.66. The van der Waals surface area contributed by atoms with Gasteiger partial charge in [0.25, 0.3) is 0 Å². The van der Waals surface area contributed by atoms with Crippen LogP contribution in [0.25, 0.3) is 10.8 Å². The summed E-state index contributed by atoms with van der Waals surface area (Å²) in [4.78, 5) is 4.34. The van der Waals surface area contributed by atoms with E-state index in [1.807, 2.05) is 18.2 Å². The SMILES string of the molecule is CS(=O)(=O)c1cncc2cccc(NC3CCNCC3)c12. The summed E-state index contributed by atoms with van der Waals surface area (Å²) < 4.78 is 24.0.